The maximum Gasteiger partial charge on any atom is 0.157 e. The van der Waals surface area contributed by atoms with Crippen LogP contribution >= 0.6 is 0 Å². The van der Waals surface area contributed by atoms with E-state index < -0.39 is 0 Å². The van der Waals surface area contributed by atoms with Gasteiger partial charge in [-0.3, -0.25) is 0 Å². The minimum absolute atomic E-state index is 0.0346. The molecule has 1 fully saturated rings. The predicted octanol–water partition coefficient (Wildman–Crippen LogP) is 3.44. The van der Waals surface area contributed by atoms with Crippen LogP contribution in [0.25, 0.3) is 0 Å². The fraction of sp³-hybridized carbons (Fsp3) is 0.625. The molecule has 1 aliphatic heterocycles. The van der Waals surface area contributed by atoms with Gasteiger partial charge < -0.3 is 14.2 Å². The Labute approximate surface area is 115 Å². The van der Waals surface area contributed by atoms with Crippen LogP contribution in [0, 0.1) is 6.92 Å². The quantitative estimate of drug-likeness (QED) is 0.815. The molecule has 1 aromatic carbocycles. The molecule has 1 aromatic rings. The number of benzene rings is 1. The van der Waals surface area contributed by atoms with Crippen LogP contribution in [0.15, 0.2) is 24.3 Å². The second-order valence-electron chi connectivity index (χ2n) is 5.03. The van der Waals surface area contributed by atoms with Gasteiger partial charge in [0.25, 0.3) is 0 Å². The maximum atomic E-state index is 6.00. The van der Waals surface area contributed by atoms with Crippen LogP contribution in [0.2, 0.25) is 0 Å². The average molecular weight is 264 g/mol. The number of hydrogen-bond donors (Lipinski definition) is 0. The third kappa shape index (κ3) is 3.78. The zero-order valence-electron chi connectivity index (χ0n) is 12.1. The van der Waals surface area contributed by atoms with Crippen LogP contribution in [0.4, 0.5) is 0 Å². The van der Waals surface area contributed by atoms with E-state index in [2.05, 4.69) is 32.9 Å². The van der Waals surface area contributed by atoms with Gasteiger partial charge in [-0.15, -0.1) is 0 Å². The van der Waals surface area contributed by atoms with Crippen molar-refractivity contribution in [2.45, 2.75) is 58.7 Å². The summed E-state index contributed by atoms with van der Waals surface area (Å²) in [6.07, 6.45) is 1.96. The zero-order valence-corrected chi connectivity index (χ0v) is 12.1. The van der Waals surface area contributed by atoms with E-state index in [9.17, 15) is 0 Å². The fourth-order valence-electron chi connectivity index (χ4n) is 2.33. The average Bonchev–Trinajstić information content (AvgIpc) is 2.46. The number of aryl methyl sites for hydroxylation is 1. The molecule has 106 valence electrons. The summed E-state index contributed by atoms with van der Waals surface area (Å²) in [5, 5.41) is 0. The van der Waals surface area contributed by atoms with Crippen molar-refractivity contribution in [3.63, 3.8) is 0 Å². The van der Waals surface area contributed by atoms with E-state index in [1.54, 1.807) is 0 Å². The molecule has 1 aliphatic rings. The Morgan fingerprint density at radius 1 is 1.21 bits per heavy atom. The predicted molar refractivity (Wildman–Crippen MR) is 75.0 cm³/mol. The van der Waals surface area contributed by atoms with Gasteiger partial charge in [0, 0.05) is 0 Å². The highest BCUT2D eigenvalue weighted by Crippen LogP contribution is 2.21. The van der Waals surface area contributed by atoms with Crippen molar-refractivity contribution in [1.82, 2.24) is 0 Å². The highest BCUT2D eigenvalue weighted by molar-refractivity contribution is 5.24. The minimum Gasteiger partial charge on any atom is -0.368 e. The van der Waals surface area contributed by atoms with Crippen molar-refractivity contribution in [3.05, 3.63) is 35.4 Å². The molecule has 3 nitrogen and oxygen atoms in total. The summed E-state index contributed by atoms with van der Waals surface area (Å²) in [6.45, 7) is 7.57. The van der Waals surface area contributed by atoms with Gasteiger partial charge in [-0.05, 0) is 30.9 Å². The van der Waals surface area contributed by atoms with E-state index in [4.69, 9.17) is 14.2 Å². The second-order valence-corrected chi connectivity index (χ2v) is 5.03. The zero-order chi connectivity index (χ0) is 13.7. The molecule has 0 aromatic heterocycles. The van der Waals surface area contributed by atoms with Crippen molar-refractivity contribution in [3.8, 4) is 0 Å². The van der Waals surface area contributed by atoms with Gasteiger partial charge in [-0.1, -0.05) is 38.1 Å². The van der Waals surface area contributed by atoms with Gasteiger partial charge in [-0.25, -0.2) is 0 Å². The smallest absolute Gasteiger partial charge is 0.157 e. The lowest BCUT2D eigenvalue weighted by atomic mass is 10.1. The van der Waals surface area contributed by atoms with Gasteiger partial charge in [0.1, 0.15) is 6.10 Å². The van der Waals surface area contributed by atoms with E-state index in [0.717, 1.165) is 12.8 Å². The lowest BCUT2D eigenvalue weighted by molar-refractivity contribution is -0.263. The van der Waals surface area contributed by atoms with Crippen molar-refractivity contribution >= 4 is 0 Å². The number of hydrogen-bond acceptors (Lipinski definition) is 3. The first-order chi connectivity index (χ1) is 9.24. The summed E-state index contributed by atoms with van der Waals surface area (Å²) in [6, 6.07) is 8.31. The molecular weight excluding hydrogens is 240 g/mol. The van der Waals surface area contributed by atoms with Gasteiger partial charge >= 0.3 is 0 Å². The van der Waals surface area contributed by atoms with Crippen molar-refractivity contribution in [2.75, 3.05) is 6.61 Å². The first-order valence-corrected chi connectivity index (χ1v) is 7.17. The molecule has 0 bridgehead atoms. The highest BCUT2D eigenvalue weighted by Gasteiger charge is 2.30. The Hall–Kier alpha value is -0.900. The van der Waals surface area contributed by atoms with Crippen molar-refractivity contribution in [1.29, 1.82) is 0 Å². The Morgan fingerprint density at radius 3 is 2.68 bits per heavy atom. The molecule has 0 saturated carbocycles. The first-order valence-electron chi connectivity index (χ1n) is 7.17. The van der Waals surface area contributed by atoms with E-state index in [0.29, 0.717) is 13.2 Å². The lowest BCUT2D eigenvalue weighted by Gasteiger charge is -2.35. The molecular formula is C16H24O3. The SMILES string of the molecule is CC[C@H]1OC[C@@H](OCc2ccccc2C)[C@@H](CC)O1. The summed E-state index contributed by atoms with van der Waals surface area (Å²) in [5.41, 5.74) is 2.49. The summed E-state index contributed by atoms with van der Waals surface area (Å²) in [5.74, 6) is 0. The van der Waals surface area contributed by atoms with E-state index in [1.807, 2.05) is 12.1 Å². The highest BCUT2D eigenvalue weighted by atomic mass is 16.7. The molecule has 3 atom stereocenters. The van der Waals surface area contributed by atoms with Gasteiger partial charge in [0.15, 0.2) is 6.29 Å². The summed E-state index contributed by atoms with van der Waals surface area (Å²) >= 11 is 0. The van der Waals surface area contributed by atoms with Crippen molar-refractivity contribution < 1.29 is 14.2 Å². The third-order valence-corrected chi connectivity index (χ3v) is 3.64. The molecule has 0 amide bonds. The molecule has 1 saturated heterocycles. The molecule has 19 heavy (non-hydrogen) atoms. The van der Waals surface area contributed by atoms with Gasteiger partial charge in [0.05, 0.1) is 19.3 Å². The van der Waals surface area contributed by atoms with Gasteiger partial charge in [-0.2, -0.15) is 0 Å². The first kappa shape index (κ1) is 14.5. The van der Waals surface area contributed by atoms with Crippen LogP contribution in [-0.2, 0) is 20.8 Å². The molecule has 0 spiro atoms. The molecule has 1 heterocycles. The van der Waals surface area contributed by atoms with Crippen LogP contribution < -0.4 is 0 Å². The topological polar surface area (TPSA) is 27.7 Å². The van der Waals surface area contributed by atoms with E-state index in [-0.39, 0.29) is 18.5 Å². The van der Waals surface area contributed by atoms with E-state index in [1.165, 1.54) is 11.1 Å². The lowest BCUT2D eigenvalue weighted by Crippen LogP contribution is -2.44. The Kier molecular flexibility index (Phi) is 5.37. The Balaban J connectivity index is 1.90. The number of ether oxygens (including phenoxy) is 3. The Bertz CT molecular complexity index is 391. The van der Waals surface area contributed by atoms with Crippen LogP contribution in [0.5, 0.6) is 0 Å². The molecule has 3 heteroatoms. The van der Waals surface area contributed by atoms with Gasteiger partial charge in [0.2, 0.25) is 0 Å². The minimum atomic E-state index is -0.0664. The largest absolute Gasteiger partial charge is 0.368 e. The molecule has 0 radical (unpaired) electrons. The molecule has 0 unspecified atom stereocenters. The molecule has 0 aliphatic carbocycles. The maximum absolute atomic E-state index is 6.00. The normalized spacial score (nSPS) is 27.4. The van der Waals surface area contributed by atoms with E-state index >= 15 is 0 Å². The second kappa shape index (κ2) is 7.04. The Morgan fingerprint density at radius 2 is 2.00 bits per heavy atom. The summed E-state index contributed by atoms with van der Waals surface area (Å²) in [7, 11) is 0. The summed E-state index contributed by atoms with van der Waals surface area (Å²) in [4.78, 5) is 0. The van der Waals surface area contributed by atoms with Crippen molar-refractivity contribution in [2.24, 2.45) is 0 Å². The molecule has 0 N–H and O–H groups in total. The van der Waals surface area contributed by atoms with Crippen LogP contribution in [-0.4, -0.2) is 25.1 Å². The van der Waals surface area contributed by atoms with Crippen LogP contribution in [0.3, 0.4) is 0 Å². The fourth-order valence-corrected chi connectivity index (χ4v) is 2.33. The van der Waals surface area contributed by atoms with Crippen LogP contribution in [0.1, 0.15) is 37.8 Å². The number of rotatable bonds is 5. The molecule has 2 rings (SSSR count). The third-order valence-electron chi connectivity index (χ3n) is 3.64. The monoisotopic (exact) mass is 264 g/mol. The standard InChI is InChI=1S/C16H24O3/c1-4-14-15(11-18-16(5-2)19-14)17-10-13-9-7-6-8-12(13)3/h6-9,14-16H,4-5,10-11H2,1-3H3/t14-,15-,16+/m1/s1. The summed E-state index contributed by atoms with van der Waals surface area (Å²) < 4.78 is 17.5.